The van der Waals surface area contributed by atoms with Crippen molar-refractivity contribution in [3.05, 3.63) is 84.2 Å². The molecule has 2 aromatic carbocycles. The Morgan fingerprint density at radius 2 is 1.73 bits per heavy atom. The van der Waals surface area contributed by atoms with Crippen molar-refractivity contribution >= 4 is 42.3 Å². The average Bonchev–Trinajstić information content (AvgIpc) is 2.80. The maximum absolute atomic E-state index is 12.7. The van der Waals surface area contributed by atoms with Crippen molar-refractivity contribution in [1.29, 1.82) is 5.41 Å². The molecular formula is C25H30Cl2N4O2. The largest absolute Gasteiger partial charge is 0.466 e. The Hall–Kier alpha value is -3.09. The van der Waals surface area contributed by atoms with E-state index in [-0.39, 0.29) is 42.5 Å². The first-order valence-corrected chi connectivity index (χ1v) is 10.4. The van der Waals surface area contributed by atoms with Crippen LogP contribution in [0.5, 0.6) is 0 Å². The summed E-state index contributed by atoms with van der Waals surface area (Å²) in [5.74, 6) is -0.514. The SMILES string of the molecule is CCOC(=O)C(CCCNc1ccncc1)c1cccc(-c2cccc(C(=N)N)c2)c1.Cl.Cl. The number of anilines is 1. The quantitative estimate of drug-likeness (QED) is 0.153. The van der Waals surface area contributed by atoms with Gasteiger partial charge in [0.25, 0.3) is 0 Å². The van der Waals surface area contributed by atoms with Gasteiger partial charge in [-0.3, -0.25) is 15.2 Å². The van der Waals surface area contributed by atoms with Crippen molar-refractivity contribution in [2.45, 2.75) is 25.7 Å². The molecule has 0 aliphatic carbocycles. The molecule has 1 aromatic heterocycles. The Balaban J connectivity index is 0.00000272. The molecule has 8 heteroatoms. The first-order chi connectivity index (χ1) is 15.1. The number of halogens is 2. The first kappa shape index (κ1) is 27.9. The second kappa shape index (κ2) is 14.1. The van der Waals surface area contributed by atoms with Crippen LogP contribution >= 0.6 is 24.8 Å². The van der Waals surface area contributed by atoms with Gasteiger partial charge in [-0.15, -0.1) is 24.8 Å². The minimum atomic E-state index is -0.338. The van der Waals surface area contributed by atoms with Crippen LogP contribution in [0.4, 0.5) is 5.69 Å². The molecule has 0 saturated carbocycles. The zero-order valence-corrected chi connectivity index (χ0v) is 20.1. The number of carbonyl (C=O) groups excluding carboxylic acids is 1. The maximum Gasteiger partial charge on any atom is 0.313 e. The third-order valence-electron chi connectivity index (χ3n) is 5.05. The van der Waals surface area contributed by atoms with Crippen LogP contribution in [-0.4, -0.2) is 29.9 Å². The lowest BCUT2D eigenvalue weighted by atomic mass is 9.91. The highest BCUT2D eigenvalue weighted by molar-refractivity contribution is 5.96. The van der Waals surface area contributed by atoms with Crippen molar-refractivity contribution in [3.8, 4) is 11.1 Å². The molecule has 0 radical (unpaired) electrons. The average molecular weight is 489 g/mol. The zero-order valence-electron chi connectivity index (χ0n) is 18.5. The Morgan fingerprint density at radius 1 is 1.06 bits per heavy atom. The normalized spacial score (nSPS) is 10.8. The lowest BCUT2D eigenvalue weighted by Gasteiger charge is -2.17. The van der Waals surface area contributed by atoms with Crippen molar-refractivity contribution in [1.82, 2.24) is 4.98 Å². The van der Waals surface area contributed by atoms with E-state index in [1.807, 2.05) is 67.6 Å². The maximum atomic E-state index is 12.7. The molecule has 33 heavy (non-hydrogen) atoms. The lowest BCUT2D eigenvalue weighted by Crippen LogP contribution is -2.17. The monoisotopic (exact) mass is 488 g/mol. The van der Waals surface area contributed by atoms with Gasteiger partial charge >= 0.3 is 5.97 Å². The third kappa shape index (κ3) is 8.08. The van der Waals surface area contributed by atoms with Gasteiger partial charge < -0.3 is 15.8 Å². The molecule has 0 bridgehead atoms. The predicted molar refractivity (Wildman–Crippen MR) is 139 cm³/mol. The van der Waals surface area contributed by atoms with Gasteiger partial charge in [0.15, 0.2) is 0 Å². The number of hydrogen-bond donors (Lipinski definition) is 3. The minimum absolute atomic E-state index is 0. The molecule has 6 nitrogen and oxygen atoms in total. The van der Waals surface area contributed by atoms with Crippen LogP contribution < -0.4 is 11.1 Å². The minimum Gasteiger partial charge on any atom is -0.466 e. The van der Waals surface area contributed by atoms with Gasteiger partial charge in [-0.1, -0.05) is 42.5 Å². The number of amidine groups is 1. The van der Waals surface area contributed by atoms with E-state index in [0.717, 1.165) is 35.3 Å². The summed E-state index contributed by atoms with van der Waals surface area (Å²) in [6.45, 7) is 2.93. The molecule has 1 heterocycles. The number of ether oxygens (including phenoxy) is 1. The fourth-order valence-electron chi connectivity index (χ4n) is 3.47. The number of aromatic nitrogens is 1. The summed E-state index contributed by atoms with van der Waals surface area (Å²) in [4.78, 5) is 16.7. The van der Waals surface area contributed by atoms with E-state index in [1.165, 1.54) is 0 Å². The fourth-order valence-corrected chi connectivity index (χ4v) is 3.47. The highest BCUT2D eigenvalue weighted by Gasteiger charge is 2.22. The Morgan fingerprint density at radius 3 is 2.39 bits per heavy atom. The summed E-state index contributed by atoms with van der Waals surface area (Å²) in [5, 5.41) is 11.0. The molecular weight excluding hydrogens is 459 g/mol. The topological polar surface area (TPSA) is 101 Å². The smallest absolute Gasteiger partial charge is 0.313 e. The van der Waals surface area contributed by atoms with Gasteiger partial charge in [0.1, 0.15) is 5.84 Å². The number of nitrogens with one attached hydrogen (secondary N) is 2. The standard InChI is InChI=1S/C25H28N4O2.2ClH/c1-2-31-25(30)23(10-5-13-29-22-11-14-28-15-12-22)20-8-3-6-18(16-20)19-7-4-9-21(17-19)24(26)27;;/h3-4,6-9,11-12,14-17,23H,2,5,10,13H2,1H3,(H3,26,27)(H,28,29);2*1H. The number of nitrogens with two attached hydrogens (primary N) is 1. The molecule has 1 unspecified atom stereocenters. The fraction of sp³-hybridized carbons (Fsp3) is 0.240. The van der Waals surface area contributed by atoms with Gasteiger partial charge in [0, 0.05) is 30.2 Å². The number of rotatable bonds is 10. The van der Waals surface area contributed by atoms with Crippen LogP contribution in [0.25, 0.3) is 11.1 Å². The van der Waals surface area contributed by atoms with E-state index in [1.54, 1.807) is 12.4 Å². The molecule has 3 rings (SSSR count). The summed E-state index contributed by atoms with van der Waals surface area (Å²) >= 11 is 0. The number of pyridine rings is 1. The molecule has 0 spiro atoms. The number of carbonyl (C=O) groups is 1. The number of esters is 1. The molecule has 3 aromatic rings. The second-order valence-corrected chi connectivity index (χ2v) is 7.23. The predicted octanol–water partition coefficient (Wildman–Crippen LogP) is 5.42. The number of benzene rings is 2. The summed E-state index contributed by atoms with van der Waals surface area (Å²) < 4.78 is 5.36. The molecule has 0 aliphatic heterocycles. The summed E-state index contributed by atoms with van der Waals surface area (Å²) in [6, 6.07) is 19.3. The van der Waals surface area contributed by atoms with Gasteiger partial charge in [0.2, 0.25) is 0 Å². The lowest BCUT2D eigenvalue weighted by molar-refractivity contribution is -0.145. The highest BCUT2D eigenvalue weighted by atomic mass is 35.5. The van der Waals surface area contributed by atoms with Crippen molar-refractivity contribution in [2.75, 3.05) is 18.5 Å². The van der Waals surface area contributed by atoms with E-state index < -0.39 is 0 Å². The van der Waals surface area contributed by atoms with Crippen molar-refractivity contribution in [2.24, 2.45) is 5.73 Å². The van der Waals surface area contributed by atoms with E-state index in [9.17, 15) is 4.79 Å². The van der Waals surface area contributed by atoms with Crippen LogP contribution in [0.2, 0.25) is 0 Å². The Labute approximate surface area is 207 Å². The van der Waals surface area contributed by atoms with Crippen LogP contribution in [-0.2, 0) is 9.53 Å². The molecule has 176 valence electrons. The Kier molecular flexibility index (Phi) is 12.0. The molecule has 1 atom stereocenters. The highest BCUT2D eigenvalue weighted by Crippen LogP contribution is 2.28. The van der Waals surface area contributed by atoms with E-state index >= 15 is 0 Å². The van der Waals surface area contributed by atoms with Crippen molar-refractivity contribution in [3.63, 3.8) is 0 Å². The van der Waals surface area contributed by atoms with Crippen molar-refractivity contribution < 1.29 is 9.53 Å². The van der Waals surface area contributed by atoms with E-state index in [2.05, 4.69) is 10.3 Å². The summed E-state index contributed by atoms with van der Waals surface area (Å²) in [7, 11) is 0. The van der Waals surface area contributed by atoms with Crippen LogP contribution in [0.15, 0.2) is 73.1 Å². The van der Waals surface area contributed by atoms with Gasteiger partial charge in [0.05, 0.1) is 12.5 Å². The third-order valence-corrected chi connectivity index (χ3v) is 5.05. The van der Waals surface area contributed by atoms with Gasteiger partial charge in [-0.25, -0.2) is 0 Å². The zero-order chi connectivity index (χ0) is 22.1. The van der Waals surface area contributed by atoms with Gasteiger partial charge in [-0.2, -0.15) is 0 Å². The molecule has 0 amide bonds. The molecule has 0 fully saturated rings. The van der Waals surface area contributed by atoms with Crippen LogP contribution in [0.1, 0.15) is 36.8 Å². The molecule has 4 N–H and O–H groups in total. The second-order valence-electron chi connectivity index (χ2n) is 7.23. The molecule has 0 saturated heterocycles. The van der Waals surface area contributed by atoms with Crippen LogP contribution in [0, 0.1) is 5.41 Å². The Bertz CT molecular complexity index is 1030. The van der Waals surface area contributed by atoms with Crippen LogP contribution in [0.3, 0.4) is 0 Å². The number of hydrogen-bond acceptors (Lipinski definition) is 5. The summed E-state index contributed by atoms with van der Waals surface area (Å²) in [6.07, 6.45) is 4.98. The number of nitrogens with zero attached hydrogens (tertiary/aromatic N) is 1. The first-order valence-electron chi connectivity index (χ1n) is 10.4. The number of nitrogen functional groups attached to an aromatic ring is 1. The summed E-state index contributed by atoms with van der Waals surface area (Å²) in [5.41, 5.74) is 10.2. The van der Waals surface area contributed by atoms with Gasteiger partial charge in [-0.05, 0) is 54.7 Å². The van der Waals surface area contributed by atoms with E-state index in [0.29, 0.717) is 18.6 Å². The molecule has 0 aliphatic rings. The van der Waals surface area contributed by atoms with E-state index in [4.69, 9.17) is 15.9 Å².